The molecule has 2 rings (SSSR count). The minimum Gasteiger partial charge on any atom is -0.375 e. The maximum atomic E-state index is 12.0. The molecule has 98 valence electrons. The summed E-state index contributed by atoms with van der Waals surface area (Å²) in [5, 5.41) is 2.81. The minimum absolute atomic E-state index is 0.126. The van der Waals surface area contributed by atoms with Gasteiger partial charge >= 0.3 is 0 Å². The molecule has 0 aliphatic rings. The number of carbonyl (C=O) groups is 1. The fourth-order valence-electron chi connectivity index (χ4n) is 1.69. The molecular weight excluding hydrogens is 238 g/mol. The lowest BCUT2D eigenvalue weighted by atomic mass is 10.2. The summed E-state index contributed by atoms with van der Waals surface area (Å²) >= 11 is 0. The number of hydrogen-bond donors (Lipinski definition) is 1. The van der Waals surface area contributed by atoms with E-state index in [2.05, 4.69) is 22.1 Å². The molecule has 1 heterocycles. The topological polar surface area (TPSA) is 45.2 Å². The lowest BCUT2D eigenvalue weighted by Crippen LogP contribution is -2.16. The number of pyridine rings is 1. The van der Waals surface area contributed by atoms with Crippen molar-refractivity contribution in [1.29, 1.82) is 0 Å². The maximum absolute atomic E-state index is 12.0. The van der Waals surface area contributed by atoms with Crippen LogP contribution in [0.25, 0.3) is 0 Å². The summed E-state index contributed by atoms with van der Waals surface area (Å²) in [6.07, 6.45) is 3.29. The normalized spacial score (nSPS) is 10.0. The fraction of sp³-hybridized carbons (Fsp3) is 0.200. The smallest absolute Gasteiger partial charge is 0.255 e. The van der Waals surface area contributed by atoms with Crippen LogP contribution in [0.15, 0.2) is 48.8 Å². The molecule has 0 aliphatic heterocycles. The summed E-state index contributed by atoms with van der Waals surface area (Å²) in [4.78, 5) is 18.1. The highest BCUT2D eigenvalue weighted by Gasteiger charge is 2.06. The molecule has 0 saturated carbocycles. The molecule has 0 radical (unpaired) electrons. The van der Waals surface area contributed by atoms with Gasteiger partial charge in [-0.05, 0) is 43.3 Å². The largest absolute Gasteiger partial charge is 0.375 e. The highest BCUT2D eigenvalue weighted by molar-refractivity contribution is 6.04. The first-order chi connectivity index (χ1) is 9.20. The Balaban J connectivity index is 2.08. The molecule has 1 amide bonds. The zero-order valence-electron chi connectivity index (χ0n) is 11.1. The maximum Gasteiger partial charge on any atom is 0.255 e. The monoisotopic (exact) mass is 255 g/mol. The second-order valence-corrected chi connectivity index (χ2v) is 4.26. The molecule has 0 unspecified atom stereocenters. The van der Waals surface area contributed by atoms with Crippen LogP contribution in [-0.4, -0.2) is 24.5 Å². The number of aromatic nitrogens is 1. The predicted octanol–water partition coefficient (Wildman–Crippen LogP) is 2.79. The molecule has 1 aromatic heterocycles. The molecule has 0 saturated heterocycles. The average Bonchev–Trinajstić information content (AvgIpc) is 2.47. The molecule has 0 aliphatic carbocycles. The third-order valence-electron chi connectivity index (χ3n) is 2.96. The van der Waals surface area contributed by atoms with Crippen molar-refractivity contribution in [2.75, 3.05) is 23.8 Å². The van der Waals surface area contributed by atoms with Crippen molar-refractivity contribution in [3.63, 3.8) is 0 Å². The summed E-state index contributed by atoms with van der Waals surface area (Å²) in [6.45, 7) is 3.02. The molecule has 4 heteroatoms. The SMILES string of the molecule is CCN(C)c1ccc(C(=O)Nc2cccnc2)cc1. The van der Waals surface area contributed by atoms with Crippen molar-refractivity contribution in [2.45, 2.75) is 6.92 Å². The van der Waals surface area contributed by atoms with Crippen molar-refractivity contribution < 1.29 is 4.79 Å². The van der Waals surface area contributed by atoms with Gasteiger partial charge in [0, 0.05) is 31.0 Å². The van der Waals surface area contributed by atoms with E-state index in [-0.39, 0.29) is 5.91 Å². The standard InChI is InChI=1S/C15H17N3O/c1-3-18(2)14-8-6-12(7-9-14)15(19)17-13-5-4-10-16-11-13/h4-11H,3H2,1-2H3,(H,17,19). The Labute approximate surface area is 113 Å². The van der Waals surface area contributed by atoms with Crippen molar-refractivity contribution in [3.05, 3.63) is 54.4 Å². The second kappa shape index (κ2) is 6.00. The van der Waals surface area contributed by atoms with E-state index in [1.54, 1.807) is 18.5 Å². The third kappa shape index (κ3) is 3.31. The van der Waals surface area contributed by atoms with E-state index in [9.17, 15) is 4.79 Å². The van der Waals surface area contributed by atoms with Gasteiger partial charge in [-0.2, -0.15) is 0 Å². The van der Waals surface area contributed by atoms with E-state index in [1.807, 2.05) is 37.4 Å². The highest BCUT2D eigenvalue weighted by atomic mass is 16.1. The Morgan fingerprint density at radius 1 is 1.26 bits per heavy atom. The van der Waals surface area contributed by atoms with Gasteiger partial charge in [-0.15, -0.1) is 0 Å². The van der Waals surface area contributed by atoms with E-state index in [1.165, 1.54) is 0 Å². The first-order valence-electron chi connectivity index (χ1n) is 6.23. The molecule has 0 spiro atoms. The summed E-state index contributed by atoms with van der Waals surface area (Å²) in [6, 6.07) is 11.1. The fourth-order valence-corrected chi connectivity index (χ4v) is 1.69. The van der Waals surface area contributed by atoms with E-state index < -0.39 is 0 Å². The van der Waals surface area contributed by atoms with E-state index in [0.29, 0.717) is 11.3 Å². The van der Waals surface area contributed by atoms with Gasteiger partial charge in [0.15, 0.2) is 0 Å². The Bertz CT molecular complexity index is 537. The molecule has 19 heavy (non-hydrogen) atoms. The summed E-state index contributed by atoms with van der Waals surface area (Å²) in [5.74, 6) is -0.126. The molecule has 0 bridgehead atoms. The summed E-state index contributed by atoms with van der Waals surface area (Å²) < 4.78 is 0. The number of carbonyl (C=O) groups excluding carboxylic acids is 1. The average molecular weight is 255 g/mol. The van der Waals surface area contributed by atoms with Gasteiger partial charge in [0.2, 0.25) is 0 Å². The zero-order chi connectivity index (χ0) is 13.7. The van der Waals surface area contributed by atoms with Crippen LogP contribution in [0.1, 0.15) is 17.3 Å². The summed E-state index contributed by atoms with van der Waals surface area (Å²) in [7, 11) is 2.02. The van der Waals surface area contributed by atoms with Gasteiger partial charge in [0.05, 0.1) is 11.9 Å². The Morgan fingerprint density at radius 3 is 2.58 bits per heavy atom. The summed E-state index contributed by atoms with van der Waals surface area (Å²) in [5.41, 5.74) is 2.43. The Morgan fingerprint density at radius 2 is 2.00 bits per heavy atom. The lowest BCUT2D eigenvalue weighted by molar-refractivity contribution is 0.102. The number of nitrogens with one attached hydrogen (secondary N) is 1. The predicted molar refractivity (Wildman–Crippen MR) is 77.6 cm³/mol. The van der Waals surface area contributed by atoms with Crippen LogP contribution >= 0.6 is 0 Å². The van der Waals surface area contributed by atoms with Crippen LogP contribution < -0.4 is 10.2 Å². The molecule has 0 fully saturated rings. The third-order valence-corrected chi connectivity index (χ3v) is 2.96. The number of benzene rings is 1. The van der Waals surface area contributed by atoms with Crippen LogP contribution in [0.3, 0.4) is 0 Å². The van der Waals surface area contributed by atoms with Gasteiger partial charge < -0.3 is 10.2 Å². The highest BCUT2D eigenvalue weighted by Crippen LogP contribution is 2.14. The molecule has 4 nitrogen and oxygen atoms in total. The van der Waals surface area contributed by atoms with Gasteiger partial charge in [0.1, 0.15) is 0 Å². The van der Waals surface area contributed by atoms with Crippen molar-refractivity contribution in [3.8, 4) is 0 Å². The molecular formula is C15H17N3O. The van der Waals surface area contributed by atoms with Crippen LogP contribution in [0.4, 0.5) is 11.4 Å². The first-order valence-corrected chi connectivity index (χ1v) is 6.23. The molecule has 1 aromatic carbocycles. The first kappa shape index (κ1) is 13.1. The van der Waals surface area contributed by atoms with Crippen molar-refractivity contribution in [1.82, 2.24) is 4.98 Å². The van der Waals surface area contributed by atoms with Crippen LogP contribution in [-0.2, 0) is 0 Å². The van der Waals surface area contributed by atoms with E-state index in [4.69, 9.17) is 0 Å². The number of rotatable bonds is 4. The quantitative estimate of drug-likeness (QED) is 0.913. The molecule has 1 N–H and O–H groups in total. The molecule has 2 aromatic rings. The number of hydrogen-bond acceptors (Lipinski definition) is 3. The van der Waals surface area contributed by atoms with Crippen LogP contribution in [0.2, 0.25) is 0 Å². The van der Waals surface area contributed by atoms with Gasteiger partial charge in [-0.1, -0.05) is 0 Å². The van der Waals surface area contributed by atoms with Gasteiger partial charge in [-0.3, -0.25) is 9.78 Å². The Kier molecular flexibility index (Phi) is 4.13. The number of anilines is 2. The number of amides is 1. The van der Waals surface area contributed by atoms with E-state index >= 15 is 0 Å². The molecule has 0 atom stereocenters. The van der Waals surface area contributed by atoms with Crippen LogP contribution in [0.5, 0.6) is 0 Å². The van der Waals surface area contributed by atoms with Crippen LogP contribution in [0, 0.1) is 0 Å². The van der Waals surface area contributed by atoms with Gasteiger partial charge in [0.25, 0.3) is 5.91 Å². The van der Waals surface area contributed by atoms with E-state index in [0.717, 1.165) is 12.2 Å². The lowest BCUT2D eigenvalue weighted by Gasteiger charge is -2.16. The second-order valence-electron chi connectivity index (χ2n) is 4.26. The zero-order valence-corrected chi connectivity index (χ0v) is 11.1. The number of nitrogens with zero attached hydrogens (tertiary/aromatic N) is 2. The minimum atomic E-state index is -0.126. The van der Waals surface area contributed by atoms with Crippen molar-refractivity contribution in [2.24, 2.45) is 0 Å². The van der Waals surface area contributed by atoms with Crippen molar-refractivity contribution >= 4 is 17.3 Å². The Hall–Kier alpha value is -2.36. The van der Waals surface area contributed by atoms with Gasteiger partial charge in [-0.25, -0.2) is 0 Å².